The zero-order valence-corrected chi connectivity index (χ0v) is 41.0. The van der Waals surface area contributed by atoms with Crippen LogP contribution in [0.1, 0.15) is 126 Å². The lowest BCUT2D eigenvalue weighted by Crippen LogP contribution is -2.57. The number of carbonyl (C=O) groups is 4. The molecular formula is C51H64F2N10O5S. The van der Waals surface area contributed by atoms with Crippen molar-refractivity contribution in [3.05, 3.63) is 82.6 Å². The van der Waals surface area contributed by atoms with Gasteiger partial charge in [0.25, 0.3) is 5.92 Å². The van der Waals surface area contributed by atoms with E-state index >= 15 is 0 Å². The van der Waals surface area contributed by atoms with Crippen molar-refractivity contribution in [3.8, 4) is 16.5 Å². The number of nitriles is 1. The summed E-state index contributed by atoms with van der Waals surface area (Å²) in [6.45, 7) is 10.3. The molecule has 15 nitrogen and oxygen atoms in total. The number of aliphatic hydroxyl groups excluding tert-OH is 1. The minimum absolute atomic E-state index is 0.0123. The highest BCUT2D eigenvalue weighted by Crippen LogP contribution is 2.36. The molecule has 0 bridgehead atoms. The third-order valence-electron chi connectivity index (χ3n) is 13.4. The van der Waals surface area contributed by atoms with Crippen LogP contribution < -0.4 is 20.9 Å². The Morgan fingerprint density at radius 3 is 2.33 bits per heavy atom. The number of aliphatic hydroxyl groups is 1. The molecule has 7 rings (SSSR count). The van der Waals surface area contributed by atoms with Crippen LogP contribution >= 0.6 is 11.3 Å². The maximum atomic E-state index is 14.2. The average molecular weight is 967 g/mol. The van der Waals surface area contributed by atoms with Gasteiger partial charge in [-0.15, -0.1) is 11.3 Å². The Morgan fingerprint density at radius 2 is 1.68 bits per heavy atom. The van der Waals surface area contributed by atoms with Crippen LogP contribution in [0.4, 0.5) is 26.2 Å². The Bertz CT molecular complexity index is 2500. The number of piperidine rings is 1. The molecule has 0 saturated carbocycles. The SMILES string of the molecule is Cc1ncsc1-c1ccc([C@H](C)NC(=O)[C@@H]2C[C@@H](O)CN2C(=O)[C@@H](NC(=O)CCCCCCC(=O)N2CCC(c3cc(Nc4cc(C#N)ccn4)nc(N4CCC(F)(F)C4)c3)CC2)C(C)(C)C)cc1. The number of hydrogen-bond donors (Lipinski definition) is 4. The average Bonchev–Trinajstić information content (AvgIpc) is 4.05. The van der Waals surface area contributed by atoms with Crippen LogP contribution in [0.15, 0.2) is 60.2 Å². The number of β-amino-alcohol motifs (C(OH)–C–C–N with tert-alkyl or cyclic N) is 1. The number of likely N-dealkylation sites (tertiary alicyclic amines) is 2. The Hall–Kier alpha value is -6.06. The summed E-state index contributed by atoms with van der Waals surface area (Å²) in [4.78, 5) is 73.6. The van der Waals surface area contributed by atoms with Gasteiger partial charge >= 0.3 is 0 Å². The van der Waals surface area contributed by atoms with E-state index < -0.39 is 42.0 Å². The van der Waals surface area contributed by atoms with Gasteiger partial charge in [0.15, 0.2) is 0 Å². The molecule has 3 saturated heterocycles. The standard InChI is InChI=1S/C51H64F2N10O5S/c1-32(35-12-14-37(15-13-35)46-33(2)56-31-69-46)57-48(67)40-27-39(64)29-63(40)49(68)47(50(3,4)5)60-44(65)10-8-6-7-9-11-45(66)61-21-17-36(18-22-61)38-25-42(58-41-24-34(28-54)16-20-55-41)59-43(26-38)62-23-19-51(52,53)30-62/h12-16,20,24-26,31-32,36,39-40,47,64H,6-11,17-19,21-23,27,29-30H2,1-5H3,(H,57,67)(H,60,65)(H,55,58,59)/t32-,39+,40-,47+/m0/s1. The maximum Gasteiger partial charge on any atom is 0.266 e. The molecule has 18 heteroatoms. The Balaban J connectivity index is 0.845. The third kappa shape index (κ3) is 13.2. The lowest BCUT2D eigenvalue weighted by atomic mass is 9.85. The van der Waals surface area contributed by atoms with Crippen molar-refractivity contribution in [2.24, 2.45) is 5.41 Å². The molecule has 4 N–H and O–H groups in total. The van der Waals surface area contributed by atoms with Crippen LogP contribution in [0.25, 0.3) is 10.4 Å². The van der Waals surface area contributed by atoms with E-state index in [1.54, 1.807) is 28.4 Å². The van der Waals surface area contributed by atoms with Crippen molar-refractivity contribution in [2.45, 2.75) is 135 Å². The minimum Gasteiger partial charge on any atom is -0.391 e. The number of carbonyl (C=O) groups excluding carboxylic acids is 4. The predicted molar refractivity (Wildman–Crippen MR) is 261 cm³/mol. The van der Waals surface area contributed by atoms with Crippen LogP contribution in [0.3, 0.4) is 0 Å². The van der Waals surface area contributed by atoms with Gasteiger partial charge in [-0.2, -0.15) is 5.26 Å². The van der Waals surface area contributed by atoms with Crippen LogP contribution in [0.2, 0.25) is 0 Å². The number of rotatable bonds is 17. The second-order valence-electron chi connectivity index (χ2n) is 19.8. The normalized spacial score (nSPS) is 19.2. The van der Waals surface area contributed by atoms with Gasteiger partial charge in [0.1, 0.15) is 29.5 Å². The Morgan fingerprint density at radius 1 is 0.957 bits per heavy atom. The largest absolute Gasteiger partial charge is 0.391 e. The summed E-state index contributed by atoms with van der Waals surface area (Å²) >= 11 is 1.57. The quantitative estimate of drug-likeness (QED) is 0.0755. The molecule has 0 aliphatic carbocycles. The maximum absolute atomic E-state index is 14.2. The van der Waals surface area contributed by atoms with E-state index in [1.807, 2.05) is 81.4 Å². The van der Waals surface area contributed by atoms with Crippen LogP contribution in [-0.2, 0) is 19.2 Å². The topological polar surface area (TPSA) is 197 Å². The van der Waals surface area contributed by atoms with Crippen LogP contribution in [0.5, 0.6) is 0 Å². The number of halogens is 2. The molecule has 6 heterocycles. The lowest BCUT2D eigenvalue weighted by molar-refractivity contribution is -0.144. The number of unbranched alkanes of at least 4 members (excludes halogenated alkanes) is 3. The number of aryl methyl sites for hydroxylation is 1. The van der Waals surface area contributed by atoms with E-state index in [0.29, 0.717) is 68.2 Å². The number of amides is 4. The zero-order valence-electron chi connectivity index (χ0n) is 40.1. The number of hydrogen-bond acceptors (Lipinski definition) is 12. The van der Waals surface area contributed by atoms with Gasteiger partial charge in [-0.3, -0.25) is 19.2 Å². The zero-order chi connectivity index (χ0) is 49.5. The summed E-state index contributed by atoms with van der Waals surface area (Å²) in [6, 6.07) is 14.8. The van der Waals surface area contributed by atoms with Crippen molar-refractivity contribution < 1.29 is 33.1 Å². The molecule has 4 atom stereocenters. The molecule has 69 heavy (non-hydrogen) atoms. The molecule has 3 aromatic heterocycles. The number of aromatic nitrogens is 3. The highest BCUT2D eigenvalue weighted by molar-refractivity contribution is 7.13. The van der Waals surface area contributed by atoms with Crippen molar-refractivity contribution >= 4 is 52.4 Å². The number of thiazole rings is 1. The van der Waals surface area contributed by atoms with Gasteiger partial charge in [-0.25, -0.2) is 23.7 Å². The van der Waals surface area contributed by atoms with Gasteiger partial charge in [-0.1, -0.05) is 57.9 Å². The number of alkyl halides is 2. The Kier molecular flexibility index (Phi) is 16.3. The summed E-state index contributed by atoms with van der Waals surface area (Å²) in [5, 5.41) is 29.1. The molecule has 0 radical (unpaired) electrons. The first-order valence-corrected chi connectivity index (χ1v) is 24.9. The first kappa shape index (κ1) is 50.8. The monoisotopic (exact) mass is 966 g/mol. The lowest BCUT2D eigenvalue weighted by Gasteiger charge is -2.35. The summed E-state index contributed by atoms with van der Waals surface area (Å²) in [6.07, 6.45) is 5.21. The van der Waals surface area contributed by atoms with Gasteiger partial charge in [0, 0.05) is 58.1 Å². The molecule has 3 fully saturated rings. The van der Waals surface area contributed by atoms with E-state index in [-0.39, 0.29) is 62.0 Å². The second kappa shape index (κ2) is 22.1. The highest BCUT2D eigenvalue weighted by Gasteiger charge is 2.45. The van der Waals surface area contributed by atoms with E-state index in [2.05, 4.69) is 37.0 Å². The van der Waals surface area contributed by atoms with Gasteiger partial charge < -0.3 is 35.8 Å². The van der Waals surface area contributed by atoms with Gasteiger partial charge in [-0.05, 0) is 91.8 Å². The molecule has 368 valence electrons. The summed E-state index contributed by atoms with van der Waals surface area (Å²) in [5.41, 5.74) is 5.40. The number of benzene rings is 1. The fourth-order valence-corrected chi connectivity index (χ4v) is 10.2. The number of nitrogens with zero attached hydrogens (tertiary/aromatic N) is 7. The van der Waals surface area contributed by atoms with Crippen molar-refractivity contribution in [3.63, 3.8) is 0 Å². The smallest absolute Gasteiger partial charge is 0.266 e. The van der Waals surface area contributed by atoms with Gasteiger partial charge in [0.05, 0.1) is 46.4 Å². The van der Waals surface area contributed by atoms with E-state index in [9.17, 15) is 38.3 Å². The molecule has 4 amide bonds. The molecule has 3 aliphatic heterocycles. The molecular weight excluding hydrogens is 903 g/mol. The predicted octanol–water partition coefficient (Wildman–Crippen LogP) is 7.79. The van der Waals surface area contributed by atoms with E-state index in [1.165, 1.54) is 11.1 Å². The molecule has 0 unspecified atom stereocenters. The first-order valence-electron chi connectivity index (χ1n) is 24.0. The second-order valence-corrected chi connectivity index (χ2v) is 20.6. The first-order chi connectivity index (χ1) is 32.9. The summed E-state index contributed by atoms with van der Waals surface area (Å²) < 4.78 is 28.5. The number of pyridine rings is 2. The molecule has 0 spiro atoms. The Labute approximate surface area is 407 Å². The highest BCUT2D eigenvalue weighted by atomic mass is 32.1. The van der Waals surface area contributed by atoms with E-state index in [4.69, 9.17) is 0 Å². The van der Waals surface area contributed by atoms with Gasteiger partial charge in [0.2, 0.25) is 23.6 Å². The summed E-state index contributed by atoms with van der Waals surface area (Å²) in [5.74, 6) is -2.37. The number of anilines is 3. The molecule has 4 aromatic rings. The molecule has 3 aliphatic rings. The fourth-order valence-electron chi connectivity index (χ4n) is 9.41. The van der Waals surface area contributed by atoms with Crippen molar-refractivity contribution in [2.75, 3.05) is 42.9 Å². The van der Waals surface area contributed by atoms with Crippen molar-refractivity contribution in [1.29, 1.82) is 5.26 Å². The number of nitrogens with one attached hydrogen (secondary N) is 3. The molecule has 1 aromatic carbocycles. The fraction of sp³-hybridized carbons (Fsp3) is 0.529. The minimum atomic E-state index is -2.79. The summed E-state index contributed by atoms with van der Waals surface area (Å²) in [7, 11) is 0. The van der Waals surface area contributed by atoms with Crippen LogP contribution in [0, 0.1) is 23.7 Å². The third-order valence-corrected chi connectivity index (χ3v) is 14.4. The van der Waals surface area contributed by atoms with Crippen LogP contribution in [-0.4, -0.2) is 110 Å². The van der Waals surface area contributed by atoms with Crippen molar-refractivity contribution in [1.82, 2.24) is 35.4 Å². The van der Waals surface area contributed by atoms with E-state index in [0.717, 1.165) is 40.1 Å².